The average Bonchev–Trinajstić information content (AvgIpc) is 2.98. The van der Waals surface area contributed by atoms with Crippen LogP contribution in [0.5, 0.6) is 17.2 Å². The van der Waals surface area contributed by atoms with Crippen molar-refractivity contribution >= 4 is 5.91 Å². The molecule has 0 saturated heterocycles. The molecule has 0 radical (unpaired) electrons. The number of benzene rings is 1. The zero-order valence-electron chi connectivity index (χ0n) is 11.7. The molecule has 0 spiro atoms. The van der Waals surface area contributed by atoms with Crippen molar-refractivity contribution in [2.24, 2.45) is 0 Å². The molecular formula is C15H17NO4. The fraction of sp³-hybridized carbons (Fsp3) is 0.267. The number of ether oxygens (including phenoxy) is 3. The van der Waals surface area contributed by atoms with Gasteiger partial charge in [-0.25, -0.2) is 0 Å². The fourth-order valence-electron chi connectivity index (χ4n) is 1.97. The summed E-state index contributed by atoms with van der Waals surface area (Å²) < 4.78 is 15.7. The molecule has 1 N–H and O–H groups in total. The van der Waals surface area contributed by atoms with E-state index in [4.69, 9.17) is 14.2 Å². The number of allylic oxidation sites excluding steroid dienone is 2. The van der Waals surface area contributed by atoms with Crippen LogP contribution in [0.3, 0.4) is 0 Å². The second-order valence-electron chi connectivity index (χ2n) is 4.18. The number of rotatable bonds is 5. The molecule has 0 atom stereocenters. The molecule has 0 aromatic heterocycles. The summed E-state index contributed by atoms with van der Waals surface area (Å²) >= 11 is 0. The molecule has 5 heteroatoms. The van der Waals surface area contributed by atoms with E-state index in [-0.39, 0.29) is 11.9 Å². The monoisotopic (exact) mass is 275 g/mol. The van der Waals surface area contributed by atoms with Crippen LogP contribution in [0.1, 0.15) is 10.4 Å². The van der Waals surface area contributed by atoms with Gasteiger partial charge in [0.2, 0.25) is 5.75 Å². The van der Waals surface area contributed by atoms with Crippen molar-refractivity contribution < 1.29 is 19.0 Å². The Bertz CT molecular complexity index is 526. The Hall–Kier alpha value is -2.43. The summed E-state index contributed by atoms with van der Waals surface area (Å²) in [6.45, 7) is 0. The third kappa shape index (κ3) is 2.77. The summed E-state index contributed by atoms with van der Waals surface area (Å²) in [6, 6.07) is 3.17. The summed E-state index contributed by atoms with van der Waals surface area (Å²) in [5.41, 5.74) is 0.452. The standard InChI is InChI=1S/C15H17NO4/c1-18-12-8-10(9-13(19-2)14(12)20-3)15(17)16-11-6-4-5-7-11/h4-9,11H,1-3H3,(H,16,17). The van der Waals surface area contributed by atoms with E-state index in [2.05, 4.69) is 5.32 Å². The fourth-order valence-corrected chi connectivity index (χ4v) is 1.97. The second-order valence-corrected chi connectivity index (χ2v) is 4.18. The quantitative estimate of drug-likeness (QED) is 0.892. The topological polar surface area (TPSA) is 56.8 Å². The Morgan fingerprint density at radius 1 is 1.00 bits per heavy atom. The smallest absolute Gasteiger partial charge is 0.252 e. The van der Waals surface area contributed by atoms with Gasteiger partial charge in [-0.3, -0.25) is 4.79 Å². The number of methoxy groups -OCH3 is 3. The maximum Gasteiger partial charge on any atom is 0.252 e. The van der Waals surface area contributed by atoms with E-state index >= 15 is 0 Å². The molecule has 0 heterocycles. The zero-order chi connectivity index (χ0) is 14.5. The first-order valence-corrected chi connectivity index (χ1v) is 6.15. The maximum absolute atomic E-state index is 12.2. The Kier molecular flexibility index (Phi) is 4.30. The molecule has 0 bridgehead atoms. The lowest BCUT2D eigenvalue weighted by atomic mass is 10.1. The maximum atomic E-state index is 12.2. The molecule has 1 amide bonds. The van der Waals surface area contributed by atoms with Crippen molar-refractivity contribution in [1.82, 2.24) is 5.32 Å². The van der Waals surface area contributed by atoms with Gasteiger partial charge in [0.05, 0.1) is 27.4 Å². The number of nitrogens with one attached hydrogen (secondary N) is 1. The highest BCUT2D eigenvalue weighted by atomic mass is 16.5. The van der Waals surface area contributed by atoms with Crippen LogP contribution in [-0.2, 0) is 0 Å². The van der Waals surface area contributed by atoms with Gasteiger partial charge in [0.1, 0.15) is 0 Å². The Balaban J connectivity index is 2.29. The Morgan fingerprint density at radius 2 is 1.55 bits per heavy atom. The van der Waals surface area contributed by atoms with Gasteiger partial charge in [0, 0.05) is 5.56 Å². The first kappa shape index (κ1) is 14.0. The first-order chi connectivity index (χ1) is 9.69. The molecule has 1 aromatic carbocycles. The average molecular weight is 275 g/mol. The third-order valence-corrected chi connectivity index (χ3v) is 2.97. The summed E-state index contributed by atoms with van der Waals surface area (Å²) in [4.78, 5) is 12.2. The van der Waals surface area contributed by atoms with E-state index in [9.17, 15) is 4.79 Å². The van der Waals surface area contributed by atoms with E-state index in [0.29, 0.717) is 22.8 Å². The number of amides is 1. The van der Waals surface area contributed by atoms with E-state index in [1.165, 1.54) is 21.3 Å². The third-order valence-electron chi connectivity index (χ3n) is 2.97. The molecule has 20 heavy (non-hydrogen) atoms. The van der Waals surface area contributed by atoms with Crippen molar-refractivity contribution in [2.75, 3.05) is 21.3 Å². The number of carbonyl (C=O) groups excluding carboxylic acids is 1. The molecule has 2 rings (SSSR count). The minimum atomic E-state index is -0.203. The zero-order valence-corrected chi connectivity index (χ0v) is 11.7. The van der Waals surface area contributed by atoms with Crippen LogP contribution in [0.2, 0.25) is 0 Å². The summed E-state index contributed by atoms with van der Waals surface area (Å²) in [5, 5.41) is 2.87. The van der Waals surface area contributed by atoms with Crippen LogP contribution in [0, 0.1) is 0 Å². The number of hydrogen-bond acceptors (Lipinski definition) is 4. The minimum Gasteiger partial charge on any atom is -0.493 e. The normalized spacial score (nSPS) is 13.3. The lowest BCUT2D eigenvalue weighted by Crippen LogP contribution is -2.31. The molecule has 0 saturated carbocycles. The Morgan fingerprint density at radius 3 is 2.00 bits per heavy atom. The molecule has 1 aliphatic carbocycles. The van der Waals surface area contributed by atoms with Crippen LogP contribution in [0.4, 0.5) is 0 Å². The van der Waals surface area contributed by atoms with Gasteiger partial charge in [0.15, 0.2) is 11.5 Å². The predicted octanol–water partition coefficient (Wildman–Crippen LogP) is 1.94. The summed E-state index contributed by atoms with van der Waals surface area (Å²) in [7, 11) is 4.55. The van der Waals surface area contributed by atoms with E-state index < -0.39 is 0 Å². The van der Waals surface area contributed by atoms with Gasteiger partial charge < -0.3 is 19.5 Å². The van der Waals surface area contributed by atoms with Crippen LogP contribution in [0.25, 0.3) is 0 Å². The highest BCUT2D eigenvalue weighted by Crippen LogP contribution is 2.38. The number of hydrogen-bond donors (Lipinski definition) is 1. The minimum absolute atomic E-state index is 0.0819. The molecule has 0 fully saturated rings. The second kappa shape index (κ2) is 6.14. The molecule has 1 aliphatic rings. The molecule has 106 valence electrons. The lowest BCUT2D eigenvalue weighted by Gasteiger charge is -2.15. The van der Waals surface area contributed by atoms with Gasteiger partial charge in [-0.15, -0.1) is 0 Å². The van der Waals surface area contributed by atoms with Crippen LogP contribution in [0.15, 0.2) is 36.4 Å². The van der Waals surface area contributed by atoms with Crippen LogP contribution >= 0.6 is 0 Å². The van der Waals surface area contributed by atoms with E-state index in [1.807, 2.05) is 24.3 Å². The van der Waals surface area contributed by atoms with Gasteiger partial charge in [-0.05, 0) is 12.1 Å². The SMILES string of the molecule is COc1cc(C(=O)NC2C=CC=C2)cc(OC)c1OC. The van der Waals surface area contributed by atoms with Crippen molar-refractivity contribution in [3.63, 3.8) is 0 Å². The highest BCUT2D eigenvalue weighted by Gasteiger charge is 2.18. The van der Waals surface area contributed by atoms with Gasteiger partial charge >= 0.3 is 0 Å². The molecule has 5 nitrogen and oxygen atoms in total. The summed E-state index contributed by atoms with van der Waals surface area (Å²) in [6.07, 6.45) is 7.58. The first-order valence-electron chi connectivity index (χ1n) is 6.15. The number of carbonyl (C=O) groups is 1. The van der Waals surface area contributed by atoms with Gasteiger partial charge in [0.25, 0.3) is 5.91 Å². The van der Waals surface area contributed by atoms with E-state index in [1.54, 1.807) is 12.1 Å². The van der Waals surface area contributed by atoms with E-state index in [0.717, 1.165) is 0 Å². The molecule has 1 aromatic rings. The van der Waals surface area contributed by atoms with Gasteiger partial charge in [-0.2, -0.15) is 0 Å². The van der Waals surface area contributed by atoms with Crippen molar-refractivity contribution in [3.8, 4) is 17.2 Å². The largest absolute Gasteiger partial charge is 0.493 e. The van der Waals surface area contributed by atoms with Crippen molar-refractivity contribution in [1.29, 1.82) is 0 Å². The predicted molar refractivity (Wildman–Crippen MR) is 75.6 cm³/mol. The van der Waals surface area contributed by atoms with Crippen LogP contribution in [-0.4, -0.2) is 33.3 Å². The molecule has 0 aliphatic heterocycles. The molecular weight excluding hydrogens is 258 g/mol. The van der Waals surface area contributed by atoms with Crippen molar-refractivity contribution in [3.05, 3.63) is 42.0 Å². The summed E-state index contributed by atoms with van der Waals surface area (Å²) in [5.74, 6) is 1.17. The van der Waals surface area contributed by atoms with Crippen LogP contribution < -0.4 is 19.5 Å². The Labute approximate surface area is 117 Å². The van der Waals surface area contributed by atoms with Crippen molar-refractivity contribution in [2.45, 2.75) is 6.04 Å². The lowest BCUT2D eigenvalue weighted by molar-refractivity contribution is 0.0949. The molecule has 0 unspecified atom stereocenters. The van der Waals surface area contributed by atoms with Gasteiger partial charge in [-0.1, -0.05) is 24.3 Å². The highest BCUT2D eigenvalue weighted by molar-refractivity contribution is 5.96.